The van der Waals surface area contributed by atoms with Crippen LogP contribution in [0, 0.1) is 0 Å². The largest absolute Gasteiger partial charge is 0.385 e. The number of nitrogens with zero attached hydrogens (tertiary/aromatic N) is 8. The molecular weight excluding hydrogens is 687 g/mol. The highest BCUT2D eigenvalue weighted by atomic mass is 19.1. The van der Waals surface area contributed by atoms with Crippen LogP contribution in [-0.2, 0) is 23.1 Å². The van der Waals surface area contributed by atoms with Crippen LogP contribution in [0.5, 0.6) is 0 Å². The lowest BCUT2D eigenvalue weighted by Gasteiger charge is -2.39. The third-order valence-electron chi connectivity index (χ3n) is 10.3. The van der Waals surface area contributed by atoms with Crippen LogP contribution in [-0.4, -0.2) is 101 Å². The van der Waals surface area contributed by atoms with Gasteiger partial charge in [-0.15, -0.1) is 0 Å². The van der Waals surface area contributed by atoms with Crippen LogP contribution < -0.4 is 27.0 Å². The number of aryl methyl sites for hydroxylation is 2. The molecule has 6 heterocycles. The number of hydrogen-bond acceptors (Lipinski definition) is 9. The van der Waals surface area contributed by atoms with Crippen molar-refractivity contribution in [1.29, 1.82) is 0 Å². The van der Waals surface area contributed by atoms with E-state index in [1.165, 1.54) is 15.3 Å². The number of carbonyl (C=O) groups is 4. The predicted octanol–water partition coefficient (Wildman–Crippen LogP) is 1.70. The SMILES string of the molecule is CNc1cc(-c2cnn(C3CN(C(=O)NCCCCc4cccc5c4n(C)c(=O)n5C4CCC(=O)NC4=O)C3)c2)nn2c(C(=O)N[C@@H]3C[C@@H]3F)cnc12. The van der Waals surface area contributed by atoms with Gasteiger partial charge in [-0.25, -0.2) is 23.5 Å². The van der Waals surface area contributed by atoms with E-state index in [2.05, 4.69) is 36.4 Å². The summed E-state index contributed by atoms with van der Waals surface area (Å²) >= 11 is 0. The summed E-state index contributed by atoms with van der Waals surface area (Å²) in [6, 6.07) is 6.10. The van der Waals surface area contributed by atoms with Gasteiger partial charge in [0.05, 0.1) is 46.9 Å². The van der Waals surface area contributed by atoms with E-state index in [1.807, 2.05) is 30.5 Å². The fourth-order valence-electron chi connectivity index (χ4n) is 7.16. The molecule has 1 saturated carbocycles. The molecule has 3 aliphatic rings. The Balaban J connectivity index is 0.840. The number of aromatic nitrogens is 7. The number of para-hydroxylation sites is 1. The van der Waals surface area contributed by atoms with Crippen LogP contribution in [0.1, 0.15) is 60.2 Å². The molecule has 4 N–H and O–H groups in total. The maximum atomic E-state index is 13.4. The van der Waals surface area contributed by atoms with Crippen molar-refractivity contribution in [1.82, 2.24) is 54.4 Å². The quantitative estimate of drug-likeness (QED) is 0.116. The van der Waals surface area contributed by atoms with Crippen LogP contribution in [0.15, 0.2) is 47.7 Å². The second-order valence-corrected chi connectivity index (χ2v) is 13.8. The standard InChI is InChI=1S/C35H39FN12O5/c1-37-25-13-23(43-48-28(15-39-31(25)48)33(51)41-24-12-22(24)36)20-14-40-46(16-20)21-17-45(18-21)34(52)38-11-4-3-6-19-7-5-8-26-30(19)44(2)35(53)47(26)27-9-10-29(49)42-32(27)50/h5,7-8,13-16,21-22,24,27,37H,3-4,6,9-12,17-18H2,1-2H3,(H,38,52)(H,41,51)(H,42,49,50)/t22-,24+,27?/m0/s1. The first kappa shape index (κ1) is 34.0. The zero-order valence-electron chi connectivity index (χ0n) is 29.2. The Morgan fingerprint density at radius 2 is 1.92 bits per heavy atom. The maximum absolute atomic E-state index is 13.4. The van der Waals surface area contributed by atoms with Crippen molar-refractivity contribution in [2.24, 2.45) is 7.05 Å². The fraction of sp³-hybridized carbons (Fsp3) is 0.429. The highest BCUT2D eigenvalue weighted by Gasteiger charge is 2.39. The van der Waals surface area contributed by atoms with Gasteiger partial charge in [-0.3, -0.25) is 33.5 Å². The average molecular weight is 727 g/mol. The lowest BCUT2D eigenvalue weighted by atomic mass is 10.0. The number of likely N-dealkylation sites (tertiary alicyclic amines) is 1. The van der Waals surface area contributed by atoms with Crippen LogP contribution in [0.4, 0.5) is 14.9 Å². The number of imidazole rings is 2. The van der Waals surface area contributed by atoms with E-state index in [-0.39, 0.29) is 42.2 Å². The number of imide groups is 1. The molecule has 3 atom stereocenters. The number of carbonyl (C=O) groups excluding carboxylic acids is 4. The van der Waals surface area contributed by atoms with Crippen molar-refractivity contribution in [2.45, 2.75) is 62.8 Å². The molecule has 5 aromatic rings. The van der Waals surface area contributed by atoms with Crippen molar-refractivity contribution in [2.75, 3.05) is 32.0 Å². The molecule has 3 fully saturated rings. The van der Waals surface area contributed by atoms with Gasteiger partial charge in [0.1, 0.15) is 12.2 Å². The zero-order chi connectivity index (χ0) is 37.0. The van der Waals surface area contributed by atoms with Crippen molar-refractivity contribution >= 4 is 46.1 Å². The van der Waals surface area contributed by atoms with Crippen molar-refractivity contribution < 1.29 is 23.6 Å². The van der Waals surface area contributed by atoms with Gasteiger partial charge in [-0.05, 0) is 43.4 Å². The predicted molar refractivity (Wildman–Crippen MR) is 190 cm³/mol. The zero-order valence-corrected chi connectivity index (χ0v) is 29.2. The Hall–Kier alpha value is -6.07. The number of piperidine rings is 1. The summed E-state index contributed by atoms with van der Waals surface area (Å²) in [4.78, 5) is 69.1. The van der Waals surface area contributed by atoms with Gasteiger partial charge in [0.15, 0.2) is 11.3 Å². The minimum absolute atomic E-state index is 0.0108. The fourth-order valence-corrected chi connectivity index (χ4v) is 7.16. The number of amides is 5. The first-order valence-corrected chi connectivity index (χ1v) is 17.7. The summed E-state index contributed by atoms with van der Waals surface area (Å²) in [5.74, 6) is -1.23. The van der Waals surface area contributed by atoms with E-state index < -0.39 is 30.1 Å². The van der Waals surface area contributed by atoms with E-state index in [0.717, 1.165) is 29.5 Å². The van der Waals surface area contributed by atoms with Crippen molar-refractivity contribution in [3.63, 3.8) is 0 Å². The van der Waals surface area contributed by atoms with E-state index in [9.17, 15) is 28.4 Å². The Morgan fingerprint density at radius 3 is 2.68 bits per heavy atom. The molecule has 8 rings (SSSR count). The third kappa shape index (κ3) is 6.27. The molecule has 1 unspecified atom stereocenters. The molecule has 276 valence electrons. The van der Waals surface area contributed by atoms with Gasteiger partial charge in [0.2, 0.25) is 11.8 Å². The Bertz CT molecular complexity index is 2340. The molecule has 1 aromatic carbocycles. The highest BCUT2D eigenvalue weighted by Crippen LogP contribution is 2.29. The third-order valence-corrected chi connectivity index (χ3v) is 10.3. The van der Waals surface area contributed by atoms with E-state index >= 15 is 0 Å². The molecule has 53 heavy (non-hydrogen) atoms. The van der Waals surface area contributed by atoms with Crippen LogP contribution in [0.3, 0.4) is 0 Å². The number of fused-ring (bicyclic) bond motifs is 2. The number of alkyl halides is 1. The summed E-state index contributed by atoms with van der Waals surface area (Å²) in [7, 11) is 3.44. The molecule has 0 radical (unpaired) electrons. The lowest BCUT2D eigenvalue weighted by molar-refractivity contribution is -0.135. The van der Waals surface area contributed by atoms with E-state index in [1.54, 1.807) is 34.4 Å². The molecule has 1 aliphatic carbocycles. The van der Waals surface area contributed by atoms with E-state index in [0.29, 0.717) is 55.0 Å². The monoisotopic (exact) mass is 726 g/mol. The second kappa shape index (κ2) is 13.5. The molecule has 5 amide bonds. The maximum Gasteiger partial charge on any atom is 0.329 e. The number of nitrogens with one attached hydrogen (secondary N) is 4. The number of rotatable bonds is 11. The van der Waals surface area contributed by atoms with Crippen LogP contribution in [0.25, 0.3) is 27.9 Å². The van der Waals surface area contributed by atoms with Crippen LogP contribution >= 0.6 is 0 Å². The number of benzene rings is 1. The van der Waals surface area contributed by atoms with Crippen LogP contribution in [0.2, 0.25) is 0 Å². The average Bonchev–Trinajstić information content (AvgIpc) is 3.45. The molecule has 2 saturated heterocycles. The first-order valence-electron chi connectivity index (χ1n) is 17.7. The summed E-state index contributed by atoms with van der Waals surface area (Å²) in [5.41, 5.74) is 4.72. The van der Waals surface area contributed by atoms with Gasteiger partial charge < -0.3 is 20.9 Å². The van der Waals surface area contributed by atoms with Gasteiger partial charge in [0, 0.05) is 58.3 Å². The number of anilines is 1. The highest BCUT2D eigenvalue weighted by molar-refractivity contribution is 6.00. The van der Waals surface area contributed by atoms with Gasteiger partial charge >= 0.3 is 11.7 Å². The molecule has 0 spiro atoms. The van der Waals surface area contributed by atoms with Crippen molar-refractivity contribution in [3.8, 4) is 11.3 Å². The molecule has 2 aliphatic heterocycles. The van der Waals surface area contributed by atoms with Crippen molar-refractivity contribution in [3.05, 3.63) is 64.6 Å². The Labute approximate surface area is 301 Å². The van der Waals surface area contributed by atoms with Gasteiger partial charge in [-0.1, -0.05) is 12.1 Å². The second-order valence-electron chi connectivity index (χ2n) is 13.8. The van der Waals surface area contributed by atoms with Gasteiger partial charge in [-0.2, -0.15) is 10.2 Å². The number of urea groups is 1. The van der Waals surface area contributed by atoms with E-state index in [4.69, 9.17) is 0 Å². The molecular formula is C35H39FN12O5. The Morgan fingerprint density at radius 1 is 1.11 bits per heavy atom. The summed E-state index contributed by atoms with van der Waals surface area (Å²) in [6.45, 7) is 1.47. The molecule has 18 heteroatoms. The summed E-state index contributed by atoms with van der Waals surface area (Å²) in [6.07, 6.45) is 6.89. The minimum atomic E-state index is -1.03. The molecule has 0 bridgehead atoms. The Kier molecular flexibility index (Phi) is 8.66. The normalized spacial score (nSPS) is 20.1. The summed E-state index contributed by atoms with van der Waals surface area (Å²) in [5, 5.41) is 20.3. The minimum Gasteiger partial charge on any atom is -0.385 e. The molecule has 17 nitrogen and oxygen atoms in total. The number of halogens is 1. The smallest absolute Gasteiger partial charge is 0.329 e. The molecule has 4 aromatic heterocycles. The number of unbranched alkanes of at least 4 members (excludes halogenated alkanes) is 1. The van der Waals surface area contributed by atoms with Gasteiger partial charge in [0.25, 0.3) is 5.91 Å². The first-order chi connectivity index (χ1) is 25.6. The number of hydrogen-bond donors (Lipinski definition) is 4. The topological polar surface area (TPSA) is 195 Å². The lowest BCUT2D eigenvalue weighted by Crippen LogP contribution is -2.54. The summed E-state index contributed by atoms with van der Waals surface area (Å²) < 4.78 is 19.7.